The van der Waals surface area contributed by atoms with Crippen LogP contribution < -0.4 is 15.2 Å². The highest BCUT2D eigenvalue weighted by atomic mass is 16.5. The lowest BCUT2D eigenvalue weighted by Crippen LogP contribution is -1.93. The maximum atomic E-state index is 5.74. The van der Waals surface area contributed by atoms with E-state index in [9.17, 15) is 0 Å². The molecule has 2 N–H and O–H groups in total. The van der Waals surface area contributed by atoms with Gasteiger partial charge < -0.3 is 19.6 Å². The van der Waals surface area contributed by atoms with Gasteiger partial charge in [-0.2, -0.15) is 0 Å². The number of methoxy groups -OCH3 is 1. The maximum Gasteiger partial charge on any atom is 0.146 e. The molecule has 0 spiro atoms. The maximum absolute atomic E-state index is 5.74. The molecule has 0 aliphatic heterocycles. The van der Waals surface area contributed by atoms with Crippen molar-refractivity contribution in [3.05, 3.63) is 54.3 Å². The molecule has 0 bridgehead atoms. The Morgan fingerprint density at radius 1 is 1.05 bits per heavy atom. The second-order valence-electron chi connectivity index (χ2n) is 4.48. The standard InChI is InChI=1S/C16H15NO3/c1-18-13-3-2-4-14(9-13)19-10-15-8-11-7-12(17)5-6-16(11)20-15/h2-9H,10,17H2,1H3. The zero-order chi connectivity index (χ0) is 13.9. The molecule has 0 saturated heterocycles. The van der Waals surface area contributed by atoms with Gasteiger partial charge >= 0.3 is 0 Å². The number of hydrogen-bond acceptors (Lipinski definition) is 4. The monoisotopic (exact) mass is 269 g/mol. The number of benzene rings is 2. The summed E-state index contributed by atoms with van der Waals surface area (Å²) < 4.78 is 16.5. The normalized spacial score (nSPS) is 10.7. The van der Waals surface area contributed by atoms with Crippen LogP contribution in [0.3, 0.4) is 0 Å². The van der Waals surface area contributed by atoms with Crippen LogP contribution in [0, 0.1) is 0 Å². The predicted octanol–water partition coefficient (Wildman–Crippen LogP) is 3.60. The summed E-state index contributed by atoms with van der Waals surface area (Å²) in [4.78, 5) is 0. The van der Waals surface area contributed by atoms with Gasteiger partial charge in [0.1, 0.15) is 29.4 Å². The third-order valence-corrected chi connectivity index (χ3v) is 3.01. The van der Waals surface area contributed by atoms with E-state index >= 15 is 0 Å². The van der Waals surface area contributed by atoms with E-state index in [0.717, 1.165) is 33.9 Å². The average Bonchev–Trinajstić information content (AvgIpc) is 2.87. The fourth-order valence-corrected chi connectivity index (χ4v) is 2.03. The molecule has 0 radical (unpaired) electrons. The largest absolute Gasteiger partial charge is 0.497 e. The van der Waals surface area contributed by atoms with Gasteiger partial charge in [0.2, 0.25) is 0 Å². The van der Waals surface area contributed by atoms with Crippen molar-refractivity contribution in [3.8, 4) is 11.5 Å². The summed E-state index contributed by atoms with van der Waals surface area (Å²) in [6.07, 6.45) is 0. The topological polar surface area (TPSA) is 57.6 Å². The lowest BCUT2D eigenvalue weighted by Gasteiger charge is -2.05. The lowest BCUT2D eigenvalue weighted by molar-refractivity contribution is 0.273. The number of nitrogen functional groups attached to an aromatic ring is 1. The Morgan fingerprint density at radius 3 is 2.75 bits per heavy atom. The van der Waals surface area contributed by atoms with Crippen molar-refractivity contribution in [2.24, 2.45) is 0 Å². The third-order valence-electron chi connectivity index (χ3n) is 3.01. The fourth-order valence-electron chi connectivity index (χ4n) is 2.03. The van der Waals surface area contributed by atoms with Crippen LogP contribution in [0.25, 0.3) is 11.0 Å². The molecular weight excluding hydrogens is 254 g/mol. The summed E-state index contributed by atoms with van der Waals surface area (Å²) in [7, 11) is 1.63. The molecule has 2 aromatic carbocycles. The van der Waals surface area contributed by atoms with Crippen LogP contribution in [0.2, 0.25) is 0 Å². The Hall–Kier alpha value is -2.62. The van der Waals surface area contributed by atoms with E-state index < -0.39 is 0 Å². The van der Waals surface area contributed by atoms with E-state index in [4.69, 9.17) is 19.6 Å². The minimum absolute atomic E-state index is 0.363. The van der Waals surface area contributed by atoms with Crippen LogP contribution in [0.4, 0.5) is 5.69 Å². The Balaban J connectivity index is 1.76. The number of rotatable bonds is 4. The molecule has 3 aromatic rings. The van der Waals surface area contributed by atoms with Crippen molar-refractivity contribution < 1.29 is 13.9 Å². The van der Waals surface area contributed by atoms with Gasteiger partial charge in [0.05, 0.1) is 7.11 Å². The molecule has 3 rings (SSSR count). The zero-order valence-corrected chi connectivity index (χ0v) is 11.1. The average molecular weight is 269 g/mol. The third kappa shape index (κ3) is 2.54. The summed E-state index contributed by atoms with van der Waals surface area (Å²) in [6, 6.07) is 15.0. The Kier molecular flexibility index (Phi) is 3.21. The van der Waals surface area contributed by atoms with Crippen LogP contribution in [0.1, 0.15) is 5.76 Å². The van der Waals surface area contributed by atoms with E-state index in [-0.39, 0.29) is 0 Å². The Bertz CT molecular complexity index is 733. The highest BCUT2D eigenvalue weighted by Crippen LogP contribution is 2.24. The van der Waals surface area contributed by atoms with Gasteiger partial charge in [0, 0.05) is 17.1 Å². The molecule has 0 fully saturated rings. The van der Waals surface area contributed by atoms with Crippen molar-refractivity contribution in [1.29, 1.82) is 0 Å². The Labute approximate surface area is 116 Å². The van der Waals surface area contributed by atoms with Crippen LogP contribution in [-0.2, 0) is 6.61 Å². The number of ether oxygens (including phenoxy) is 2. The summed E-state index contributed by atoms with van der Waals surface area (Å²) in [5, 5.41) is 0.981. The second kappa shape index (κ2) is 5.17. The molecule has 0 aliphatic carbocycles. The molecule has 20 heavy (non-hydrogen) atoms. The Morgan fingerprint density at radius 2 is 1.90 bits per heavy atom. The molecular formula is C16H15NO3. The molecule has 0 atom stereocenters. The number of furan rings is 1. The van der Waals surface area contributed by atoms with Crippen LogP contribution in [0.15, 0.2) is 52.9 Å². The summed E-state index contributed by atoms with van der Waals surface area (Å²) in [6.45, 7) is 0.363. The first-order valence-electron chi connectivity index (χ1n) is 6.29. The van der Waals surface area contributed by atoms with Gasteiger partial charge in [0.15, 0.2) is 0 Å². The fraction of sp³-hybridized carbons (Fsp3) is 0.125. The second-order valence-corrected chi connectivity index (χ2v) is 4.48. The van der Waals surface area contributed by atoms with Crippen molar-refractivity contribution >= 4 is 16.7 Å². The number of anilines is 1. The summed E-state index contributed by atoms with van der Waals surface area (Å²) >= 11 is 0. The van der Waals surface area contributed by atoms with E-state index in [1.54, 1.807) is 7.11 Å². The van der Waals surface area contributed by atoms with Gasteiger partial charge in [-0.25, -0.2) is 0 Å². The van der Waals surface area contributed by atoms with Gasteiger partial charge in [-0.15, -0.1) is 0 Å². The van der Waals surface area contributed by atoms with E-state index in [0.29, 0.717) is 6.61 Å². The first kappa shape index (κ1) is 12.4. The van der Waals surface area contributed by atoms with Crippen LogP contribution in [-0.4, -0.2) is 7.11 Å². The molecule has 0 unspecified atom stereocenters. The van der Waals surface area contributed by atoms with Gasteiger partial charge in [0.25, 0.3) is 0 Å². The first-order valence-corrected chi connectivity index (χ1v) is 6.29. The molecule has 0 aliphatic rings. The quantitative estimate of drug-likeness (QED) is 0.735. The minimum atomic E-state index is 0.363. The van der Waals surface area contributed by atoms with Gasteiger partial charge in [-0.1, -0.05) is 6.07 Å². The predicted molar refractivity (Wildman–Crippen MR) is 78.0 cm³/mol. The minimum Gasteiger partial charge on any atom is -0.497 e. The SMILES string of the molecule is COc1cccc(OCc2cc3cc(N)ccc3o2)c1. The summed E-state index contributed by atoms with van der Waals surface area (Å²) in [5.41, 5.74) is 7.27. The number of nitrogens with two attached hydrogens (primary N) is 1. The van der Waals surface area contributed by atoms with Crippen molar-refractivity contribution in [2.45, 2.75) is 6.61 Å². The smallest absolute Gasteiger partial charge is 0.146 e. The van der Waals surface area contributed by atoms with Gasteiger partial charge in [-0.3, -0.25) is 0 Å². The van der Waals surface area contributed by atoms with Crippen LogP contribution in [0.5, 0.6) is 11.5 Å². The first-order chi connectivity index (χ1) is 9.74. The molecule has 4 heteroatoms. The van der Waals surface area contributed by atoms with Crippen LogP contribution >= 0.6 is 0 Å². The van der Waals surface area contributed by atoms with Crippen molar-refractivity contribution in [3.63, 3.8) is 0 Å². The molecule has 4 nitrogen and oxygen atoms in total. The lowest BCUT2D eigenvalue weighted by atomic mass is 10.2. The van der Waals surface area contributed by atoms with Crippen molar-refractivity contribution in [1.82, 2.24) is 0 Å². The highest BCUT2D eigenvalue weighted by molar-refractivity contribution is 5.81. The molecule has 102 valence electrons. The van der Waals surface area contributed by atoms with E-state index in [1.807, 2.05) is 48.5 Å². The number of hydrogen-bond donors (Lipinski definition) is 1. The number of fused-ring (bicyclic) bond motifs is 1. The highest BCUT2D eigenvalue weighted by Gasteiger charge is 2.05. The van der Waals surface area contributed by atoms with E-state index in [1.165, 1.54) is 0 Å². The zero-order valence-electron chi connectivity index (χ0n) is 11.1. The molecule has 1 heterocycles. The molecule has 0 saturated carbocycles. The van der Waals surface area contributed by atoms with Crippen molar-refractivity contribution in [2.75, 3.05) is 12.8 Å². The summed E-state index contributed by atoms with van der Waals surface area (Å²) in [5.74, 6) is 2.26. The molecule has 1 aromatic heterocycles. The molecule has 0 amide bonds. The van der Waals surface area contributed by atoms with E-state index in [2.05, 4.69) is 0 Å². The van der Waals surface area contributed by atoms with Gasteiger partial charge in [-0.05, 0) is 36.4 Å².